The molecule has 5 rings (SSSR count). The maximum Gasteiger partial charge on any atom is 0.212 e. The number of ether oxygens (including phenoxy) is 4. The Bertz CT molecular complexity index is 1490. The van der Waals surface area contributed by atoms with Crippen molar-refractivity contribution < 1.29 is 18.9 Å². The van der Waals surface area contributed by atoms with Crippen molar-refractivity contribution >= 4 is 11.2 Å². The molecule has 4 aromatic rings. The number of nitrogens with zero attached hydrogens (tertiary/aromatic N) is 4. The first-order valence-corrected chi connectivity index (χ1v) is 11.8. The van der Waals surface area contributed by atoms with Crippen molar-refractivity contribution in [1.82, 2.24) is 19.5 Å². The fourth-order valence-electron chi connectivity index (χ4n) is 4.07. The molecular formula is C28H29N5O4. The molecule has 1 aliphatic heterocycles. The third-order valence-electron chi connectivity index (χ3n) is 6.02. The van der Waals surface area contributed by atoms with E-state index in [1.165, 1.54) is 0 Å². The number of hydrogen-bond acceptors (Lipinski definition) is 8. The number of benzene rings is 1. The van der Waals surface area contributed by atoms with Crippen LogP contribution in [0.3, 0.4) is 0 Å². The molecule has 9 heteroatoms. The van der Waals surface area contributed by atoms with Gasteiger partial charge in [0.15, 0.2) is 22.7 Å². The average Bonchev–Trinajstić information content (AvgIpc) is 3.28. The van der Waals surface area contributed by atoms with E-state index in [2.05, 4.69) is 26.8 Å². The SMILES string of the molecule is COc1ccc([C@]2(C)COc3cc(Cn4cnc5cc(C#CC(C)(C)N)cnc54)cc(OC)c3O2)cn1. The predicted octanol–water partition coefficient (Wildman–Crippen LogP) is 3.67. The van der Waals surface area contributed by atoms with Crippen molar-refractivity contribution in [3.05, 3.63) is 65.7 Å². The standard InChI is InChI=1S/C28H29N5O4/c1-27(2,29)9-8-18-10-21-26(31-13-18)33(17-32-21)15-19-11-22(34-4)25-23(12-19)36-16-28(3,37-25)20-6-7-24(35-5)30-14-20/h6-7,10-14,17H,15-16,29H2,1-5H3/t28-/m0/s1. The molecular weight excluding hydrogens is 470 g/mol. The molecule has 0 bridgehead atoms. The molecule has 4 heterocycles. The fraction of sp³-hybridized carbons (Fsp3) is 0.321. The Labute approximate surface area is 215 Å². The van der Waals surface area contributed by atoms with Gasteiger partial charge in [0, 0.05) is 29.6 Å². The molecule has 1 aliphatic rings. The monoisotopic (exact) mass is 499 g/mol. The van der Waals surface area contributed by atoms with Crippen LogP contribution in [-0.4, -0.2) is 45.9 Å². The van der Waals surface area contributed by atoms with Crippen LogP contribution in [0.15, 0.2) is 49.1 Å². The molecule has 0 saturated heterocycles. The zero-order valence-electron chi connectivity index (χ0n) is 21.5. The van der Waals surface area contributed by atoms with E-state index in [1.54, 1.807) is 39.0 Å². The summed E-state index contributed by atoms with van der Waals surface area (Å²) in [7, 11) is 3.20. The number of pyridine rings is 2. The highest BCUT2D eigenvalue weighted by Crippen LogP contribution is 2.46. The molecule has 0 aliphatic carbocycles. The van der Waals surface area contributed by atoms with Crippen molar-refractivity contribution in [2.75, 3.05) is 20.8 Å². The summed E-state index contributed by atoms with van der Waals surface area (Å²) < 4.78 is 25.4. The average molecular weight is 500 g/mol. The lowest BCUT2D eigenvalue weighted by Gasteiger charge is -2.36. The summed E-state index contributed by atoms with van der Waals surface area (Å²) in [6, 6.07) is 9.54. The van der Waals surface area contributed by atoms with Crippen LogP contribution in [-0.2, 0) is 12.1 Å². The lowest BCUT2D eigenvalue weighted by molar-refractivity contribution is -0.000444. The Kier molecular flexibility index (Phi) is 6.13. The normalized spacial score (nSPS) is 16.7. The van der Waals surface area contributed by atoms with Crippen LogP contribution in [0.1, 0.15) is 37.5 Å². The molecule has 0 fully saturated rings. The molecule has 0 amide bonds. The van der Waals surface area contributed by atoms with E-state index in [1.807, 2.05) is 49.6 Å². The summed E-state index contributed by atoms with van der Waals surface area (Å²) in [6.45, 7) is 6.53. The number of hydrogen-bond donors (Lipinski definition) is 1. The summed E-state index contributed by atoms with van der Waals surface area (Å²) in [5, 5.41) is 0. The van der Waals surface area contributed by atoms with Gasteiger partial charge in [0.05, 0.1) is 32.6 Å². The lowest BCUT2D eigenvalue weighted by atomic mass is 9.97. The zero-order valence-corrected chi connectivity index (χ0v) is 21.5. The smallest absolute Gasteiger partial charge is 0.212 e. The Hall–Kier alpha value is -4.29. The second-order valence-electron chi connectivity index (χ2n) is 9.75. The molecule has 2 N–H and O–H groups in total. The van der Waals surface area contributed by atoms with Crippen molar-refractivity contribution in [2.24, 2.45) is 5.73 Å². The summed E-state index contributed by atoms with van der Waals surface area (Å²) in [5.74, 6) is 8.37. The highest BCUT2D eigenvalue weighted by atomic mass is 16.6. The van der Waals surface area contributed by atoms with Crippen molar-refractivity contribution in [3.63, 3.8) is 0 Å². The van der Waals surface area contributed by atoms with Crippen molar-refractivity contribution in [1.29, 1.82) is 0 Å². The maximum absolute atomic E-state index is 6.44. The van der Waals surface area contributed by atoms with E-state index in [9.17, 15) is 0 Å². The van der Waals surface area contributed by atoms with Crippen LogP contribution < -0.4 is 24.7 Å². The molecule has 37 heavy (non-hydrogen) atoms. The van der Waals surface area contributed by atoms with Gasteiger partial charge in [0.25, 0.3) is 0 Å². The quantitative estimate of drug-likeness (QED) is 0.415. The summed E-state index contributed by atoms with van der Waals surface area (Å²) in [4.78, 5) is 13.4. The first-order chi connectivity index (χ1) is 17.7. The van der Waals surface area contributed by atoms with Gasteiger partial charge in [-0.15, -0.1) is 0 Å². The first kappa shape index (κ1) is 24.4. The van der Waals surface area contributed by atoms with E-state index in [0.717, 1.165) is 27.9 Å². The van der Waals surface area contributed by atoms with Crippen LogP contribution in [0.25, 0.3) is 11.2 Å². The minimum absolute atomic E-state index is 0.319. The van der Waals surface area contributed by atoms with Gasteiger partial charge in [-0.25, -0.2) is 15.0 Å². The van der Waals surface area contributed by atoms with Crippen LogP contribution in [0, 0.1) is 11.8 Å². The third kappa shape index (κ3) is 5.01. The number of aromatic nitrogens is 4. The maximum atomic E-state index is 6.44. The van der Waals surface area contributed by atoms with Crippen LogP contribution >= 0.6 is 0 Å². The lowest BCUT2D eigenvalue weighted by Crippen LogP contribution is -2.39. The van der Waals surface area contributed by atoms with E-state index in [-0.39, 0.29) is 0 Å². The molecule has 0 unspecified atom stereocenters. The predicted molar refractivity (Wildman–Crippen MR) is 139 cm³/mol. The minimum atomic E-state index is -0.731. The topological polar surface area (TPSA) is 107 Å². The highest BCUT2D eigenvalue weighted by molar-refractivity contribution is 5.72. The number of nitrogens with two attached hydrogens (primary N) is 1. The van der Waals surface area contributed by atoms with Gasteiger partial charge < -0.3 is 29.2 Å². The number of imidazole rings is 1. The largest absolute Gasteiger partial charge is 0.493 e. The molecule has 9 nitrogen and oxygen atoms in total. The van der Waals surface area contributed by atoms with E-state index < -0.39 is 11.1 Å². The second kappa shape index (κ2) is 9.30. The molecule has 0 radical (unpaired) electrons. The van der Waals surface area contributed by atoms with Gasteiger partial charge in [-0.1, -0.05) is 11.8 Å². The minimum Gasteiger partial charge on any atom is -0.493 e. The Morgan fingerprint density at radius 2 is 1.95 bits per heavy atom. The number of rotatable bonds is 5. The van der Waals surface area contributed by atoms with E-state index in [4.69, 9.17) is 24.7 Å². The first-order valence-electron chi connectivity index (χ1n) is 11.8. The molecule has 3 aromatic heterocycles. The third-order valence-corrected chi connectivity index (χ3v) is 6.02. The van der Waals surface area contributed by atoms with Gasteiger partial charge in [-0.3, -0.25) is 0 Å². The van der Waals surface area contributed by atoms with E-state index in [0.29, 0.717) is 36.3 Å². The Morgan fingerprint density at radius 3 is 2.65 bits per heavy atom. The van der Waals surface area contributed by atoms with Gasteiger partial charge in [0.1, 0.15) is 12.1 Å². The van der Waals surface area contributed by atoms with Crippen LogP contribution in [0.4, 0.5) is 0 Å². The van der Waals surface area contributed by atoms with Crippen molar-refractivity contribution in [3.8, 4) is 35.0 Å². The van der Waals surface area contributed by atoms with Gasteiger partial charge in [-0.05, 0) is 50.6 Å². The van der Waals surface area contributed by atoms with Gasteiger partial charge >= 0.3 is 0 Å². The number of methoxy groups -OCH3 is 2. The molecule has 1 atom stereocenters. The highest BCUT2D eigenvalue weighted by Gasteiger charge is 2.37. The molecule has 1 aromatic carbocycles. The summed E-state index contributed by atoms with van der Waals surface area (Å²) in [6.07, 6.45) is 5.23. The zero-order chi connectivity index (χ0) is 26.2. The summed E-state index contributed by atoms with van der Waals surface area (Å²) in [5.41, 5.74) is 8.78. The van der Waals surface area contributed by atoms with Gasteiger partial charge in [0.2, 0.25) is 11.6 Å². The van der Waals surface area contributed by atoms with Crippen LogP contribution in [0.5, 0.6) is 23.1 Å². The fourth-order valence-corrected chi connectivity index (χ4v) is 4.07. The molecule has 190 valence electrons. The van der Waals surface area contributed by atoms with Crippen molar-refractivity contribution in [2.45, 2.75) is 38.5 Å². The van der Waals surface area contributed by atoms with E-state index >= 15 is 0 Å². The summed E-state index contributed by atoms with van der Waals surface area (Å²) >= 11 is 0. The molecule has 0 saturated carbocycles. The Balaban J connectivity index is 1.41. The molecule has 0 spiro atoms. The second-order valence-corrected chi connectivity index (χ2v) is 9.75. The Morgan fingerprint density at radius 1 is 1.11 bits per heavy atom. The van der Waals surface area contributed by atoms with Gasteiger partial charge in [-0.2, -0.15) is 0 Å². The number of fused-ring (bicyclic) bond motifs is 2. The van der Waals surface area contributed by atoms with Crippen LogP contribution in [0.2, 0.25) is 0 Å².